The van der Waals surface area contributed by atoms with E-state index in [9.17, 15) is 0 Å². The van der Waals surface area contributed by atoms with Crippen LogP contribution in [0.15, 0.2) is 72.8 Å². The zero-order valence-electron chi connectivity index (χ0n) is 10.3. The van der Waals surface area contributed by atoms with E-state index in [4.69, 9.17) is 0 Å². The number of rotatable bonds is 0. The van der Waals surface area contributed by atoms with Gasteiger partial charge in [-0.05, 0) is 32.3 Å². The molecule has 0 aromatic heterocycles. The molecule has 1 heteroatoms. The summed E-state index contributed by atoms with van der Waals surface area (Å²) in [5.41, 5.74) is 0. The van der Waals surface area contributed by atoms with Crippen LogP contribution in [-0.4, -0.2) is 0 Å². The zero-order valence-corrected chi connectivity index (χ0v) is 11.9. The minimum absolute atomic E-state index is 0. The van der Waals surface area contributed by atoms with Gasteiger partial charge in [0.15, 0.2) is 0 Å². The van der Waals surface area contributed by atoms with E-state index in [0.29, 0.717) is 0 Å². The van der Waals surface area contributed by atoms with E-state index < -0.39 is 0 Å². The van der Waals surface area contributed by atoms with Crippen LogP contribution in [0.3, 0.4) is 0 Å². The van der Waals surface area contributed by atoms with E-state index in [1.807, 2.05) is 0 Å². The normalized spacial score (nSPS) is 10.7. The molecule has 0 unspecified atom stereocenters. The largest absolute Gasteiger partial charge is 3.00 e. The van der Waals surface area contributed by atoms with Gasteiger partial charge in [-0.25, -0.2) is 0 Å². The number of hydrogen-bond acceptors (Lipinski definition) is 0. The third-order valence-electron chi connectivity index (χ3n) is 3.65. The van der Waals surface area contributed by atoms with Crippen molar-refractivity contribution in [2.24, 2.45) is 0 Å². The van der Waals surface area contributed by atoms with Crippen LogP contribution in [0.1, 0.15) is 0 Å². The van der Waals surface area contributed by atoms with Crippen molar-refractivity contribution in [3.63, 3.8) is 0 Å². The summed E-state index contributed by atoms with van der Waals surface area (Å²) >= 11 is 0. The van der Waals surface area contributed by atoms with Gasteiger partial charge < -0.3 is 0 Å². The van der Waals surface area contributed by atoms with Gasteiger partial charge in [0.1, 0.15) is 0 Å². The van der Waals surface area contributed by atoms with Gasteiger partial charge in [0.05, 0.1) is 0 Å². The van der Waals surface area contributed by atoms with E-state index in [-0.39, 0.29) is 19.5 Å². The predicted molar refractivity (Wildman–Crippen MR) is 79.0 cm³/mol. The van der Waals surface area contributed by atoms with E-state index in [1.54, 1.807) is 0 Å². The van der Waals surface area contributed by atoms with Crippen LogP contribution in [0.2, 0.25) is 0 Å². The summed E-state index contributed by atoms with van der Waals surface area (Å²) in [5, 5.41) is 7.96. The Bertz CT molecular complexity index is 803. The third-order valence-corrected chi connectivity index (χ3v) is 3.65. The number of fused-ring (bicyclic) bond motifs is 5. The maximum absolute atomic E-state index is 2.24. The van der Waals surface area contributed by atoms with Gasteiger partial charge in [0.2, 0.25) is 0 Å². The Labute approximate surface area is 124 Å². The van der Waals surface area contributed by atoms with Crippen molar-refractivity contribution in [2.75, 3.05) is 0 Å². The SMILES string of the molecule is [Rh+3].c1ccc2c(c1)ccc1c3ccccc3ccc21. The molecule has 0 radical (unpaired) electrons. The summed E-state index contributed by atoms with van der Waals surface area (Å²) in [7, 11) is 0. The molecule has 0 spiro atoms. The van der Waals surface area contributed by atoms with Crippen molar-refractivity contribution in [2.45, 2.75) is 0 Å². The molecule has 4 aromatic rings. The van der Waals surface area contributed by atoms with Gasteiger partial charge in [-0.1, -0.05) is 72.8 Å². The molecule has 0 nitrogen and oxygen atoms in total. The van der Waals surface area contributed by atoms with Crippen LogP contribution >= 0.6 is 0 Å². The molecule has 0 saturated carbocycles. The molecule has 4 aromatic carbocycles. The van der Waals surface area contributed by atoms with Crippen LogP contribution < -0.4 is 0 Å². The van der Waals surface area contributed by atoms with Crippen LogP contribution in [0, 0.1) is 0 Å². The Kier molecular flexibility index (Phi) is 3.08. The smallest absolute Gasteiger partial charge is 0.0616 e. The van der Waals surface area contributed by atoms with E-state index >= 15 is 0 Å². The second-order valence-corrected chi connectivity index (χ2v) is 4.67. The maximum atomic E-state index is 2.24. The van der Waals surface area contributed by atoms with Crippen molar-refractivity contribution < 1.29 is 19.5 Å². The maximum Gasteiger partial charge on any atom is 3.00 e. The molecule has 0 saturated heterocycles. The summed E-state index contributed by atoms with van der Waals surface area (Å²) in [4.78, 5) is 0. The first-order chi connectivity index (χ1) is 8.93. The third kappa shape index (κ3) is 1.86. The van der Waals surface area contributed by atoms with Crippen LogP contribution in [-0.2, 0) is 19.5 Å². The van der Waals surface area contributed by atoms with Crippen LogP contribution in [0.25, 0.3) is 32.3 Å². The second-order valence-electron chi connectivity index (χ2n) is 4.67. The quantitative estimate of drug-likeness (QED) is 0.309. The molecule has 0 aliphatic heterocycles. The Hall–Kier alpha value is -1.72. The van der Waals surface area contributed by atoms with Crippen molar-refractivity contribution in [1.82, 2.24) is 0 Å². The molecular formula is C18H12Rh+3. The zero-order chi connectivity index (χ0) is 11.9. The summed E-state index contributed by atoms with van der Waals surface area (Å²) in [6, 6.07) is 26.0. The van der Waals surface area contributed by atoms with Gasteiger partial charge in [-0.2, -0.15) is 0 Å². The topological polar surface area (TPSA) is 0 Å². The van der Waals surface area contributed by atoms with Gasteiger partial charge in [0, 0.05) is 0 Å². The molecule has 0 aliphatic rings. The van der Waals surface area contributed by atoms with Crippen LogP contribution in [0.4, 0.5) is 0 Å². The van der Waals surface area contributed by atoms with Crippen molar-refractivity contribution in [3.05, 3.63) is 72.8 Å². The summed E-state index contributed by atoms with van der Waals surface area (Å²) < 4.78 is 0. The predicted octanol–water partition coefficient (Wildman–Crippen LogP) is 5.14. The molecule has 0 aliphatic carbocycles. The molecule has 4 rings (SSSR count). The Morgan fingerprint density at radius 1 is 0.368 bits per heavy atom. The molecule has 0 atom stereocenters. The van der Waals surface area contributed by atoms with E-state index in [1.165, 1.54) is 32.3 Å². The minimum atomic E-state index is 0. The first kappa shape index (κ1) is 12.3. The van der Waals surface area contributed by atoms with Crippen molar-refractivity contribution in [3.8, 4) is 0 Å². The summed E-state index contributed by atoms with van der Waals surface area (Å²) in [5.74, 6) is 0. The van der Waals surface area contributed by atoms with E-state index in [2.05, 4.69) is 72.8 Å². The molecule has 0 N–H and O–H groups in total. The molecule has 90 valence electrons. The average Bonchev–Trinajstić information content (AvgIpc) is 2.46. The molecule has 0 heterocycles. The average molecular weight is 331 g/mol. The van der Waals surface area contributed by atoms with Gasteiger partial charge in [0.25, 0.3) is 0 Å². The first-order valence-corrected chi connectivity index (χ1v) is 6.23. The molecule has 0 bridgehead atoms. The molecular weight excluding hydrogens is 319 g/mol. The molecule has 0 amide bonds. The minimum Gasteiger partial charge on any atom is -0.0616 e. The fourth-order valence-electron chi connectivity index (χ4n) is 2.77. The van der Waals surface area contributed by atoms with Gasteiger partial charge in [-0.3, -0.25) is 0 Å². The fourth-order valence-corrected chi connectivity index (χ4v) is 2.77. The number of benzene rings is 4. The Balaban J connectivity index is 0.00000110. The fraction of sp³-hybridized carbons (Fsp3) is 0. The molecule has 19 heavy (non-hydrogen) atoms. The van der Waals surface area contributed by atoms with Crippen molar-refractivity contribution in [1.29, 1.82) is 0 Å². The summed E-state index contributed by atoms with van der Waals surface area (Å²) in [6.45, 7) is 0. The molecule has 0 fully saturated rings. The Morgan fingerprint density at radius 3 is 1.26 bits per heavy atom. The monoisotopic (exact) mass is 331 g/mol. The van der Waals surface area contributed by atoms with Gasteiger partial charge >= 0.3 is 19.5 Å². The van der Waals surface area contributed by atoms with E-state index in [0.717, 1.165) is 0 Å². The first-order valence-electron chi connectivity index (χ1n) is 6.23. The Morgan fingerprint density at radius 2 is 0.789 bits per heavy atom. The van der Waals surface area contributed by atoms with Crippen molar-refractivity contribution >= 4 is 32.3 Å². The second kappa shape index (κ2) is 4.75. The van der Waals surface area contributed by atoms with Gasteiger partial charge in [-0.15, -0.1) is 0 Å². The standard InChI is InChI=1S/C18H12.Rh/c1-3-7-15-13(5-1)9-11-18-16-8-4-2-6-14(16)10-12-17(15)18;/h1-12H;/q;+3. The summed E-state index contributed by atoms with van der Waals surface area (Å²) in [6.07, 6.45) is 0. The van der Waals surface area contributed by atoms with Crippen LogP contribution in [0.5, 0.6) is 0 Å². The number of hydrogen-bond donors (Lipinski definition) is 0.